The van der Waals surface area contributed by atoms with E-state index in [1.165, 1.54) is 5.57 Å². The number of hydrogen-bond acceptors (Lipinski definition) is 2. The van der Waals surface area contributed by atoms with Crippen molar-refractivity contribution < 1.29 is 9.47 Å². The van der Waals surface area contributed by atoms with E-state index in [1.54, 1.807) is 13.2 Å². The van der Waals surface area contributed by atoms with Crippen molar-refractivity contribution in [3.05, 3.63) is 41.5 Å². The summed E-state index contributed by atoms with van der Waals surface area (Å²) in [4.78, 5) is 0. The van der Waals surface area contributed by atoms with Crippen LogP contribution in [0, 0.1) is 6.92 Å². The molecule has 0 bridgehead atoms. The van der Waals surface area contributed by atoms with E-state index in [2.05, 4.69) is 6.58 Å². The minimum Gasteiger partial charge on any atom is -0.493 e. The van der Waals surface area contributed by atoms with E-state index in [9.17, 15) is 0 Å². The van der Waals surface area contributed by atoms with Crippen molar-refractivity contribution >= 4 is 6.08 Å². The Bertz CT molecular complexity index is 427. The van der Waals surface area contributed by atoms with E-state index in [1.807, 2.05) is 39.0 Å². The molecule has 0 heterocycles. The lowest BCUT2D eigenvalue weighted by molar-refractivity contribution is 0.323. The first-order valence-corrected chi connectivity index (χ1v) is 5.65. The Morgan fingerprint density at radius 1 is 1.35 bits per heavy atom. The molecule has 1 aromatic carbocycles. The zero-order valence-electron chi connectivity index (χ0n) is 11.0. The van der Waals surface area contributed by atoms with Crippen LogP contribution in [0.15, 0.2) is 30.4 Å². The highest BCUT2D eigenvalue weighted by molar-refractivity contribution is 5.58. The fraction of sp³-hybridized carbons (Fsp3) is 0.333. The summed E-state index contributed by atoms with van der Waals surface area (Å²) in [6.45, 7) is 10.4. The van der Waals surface area contributed by atoms with Crippen LogP contribution in [0.25, 0.3) is 6.08 Å². The van der Waals surface area contributed by atoms with Crippen LogP contribution in [0.2, 0.25) is 0 Å². The molecular formula is C15H20O2. The molecule has 0 aliphatic rings. The van der Waals surface area contributed by atoms with E-state index in [-0.39, 0.29) is 0 Å². The molecule has 0 saturated carbocycles. The summed E-state index contributed by atoms with van der Waals surface area (Å²) in [5, 5.41) is 0. The van der Waals surface area contributed by atoms with Gasteiger partial charge in [0.15, 0.2) is 11.5 Å². The highest BCUT2D eigenvalue weighted by atomic mass is 16.5. The number of benzene rings is 1. The lowest BCUT2D eigenvalue weighted by Crippen LogP contribution is -1.99. The van der Waals surface area contributed by atoms with Crippen LogP contribution < -0.4 is 9.47 Å². The molecule has 17 heavy (non-hydrogen) atoms. The van der Waals surface area contributed by atoms with Gasteiger partial charge in [0, 0.05) is 0 Å². The molecule has 0 unspecified atom stereocenters. The second-order valence-corrected chi connectivity index (χ2v) is 4.17. The van der Waals surface area contributed by atoms with E-state index < -0.39 is 0 Å². The molecule has 1 rings (SSSR count). The van der Waals surface area contributed by atoms with Crippen LogP contribution in [-0.2, 0) is 0 Å². The van der Waals surface area contributed by atoms with Gasteiger partial charge in [-0.15, -0.1) is 0 Å². The van der Waals surface area contributed by atoms with Gasteiger partial charge in [-0.1, -0.05) is 18.2 Å². The Morgan fingerprint density at radius 3 is 2.59 bits per heavy atom. The van der Waals surface area contributed by atoms with Crippen LogP contribution in [0.4, 0.5) is 0 Å². The standard InChI is InChI=1S/C15H20O2/c1-6-13-9-12(4)15(14(10-13)16-5)17-8-7-11(2)3/h6-7,9-10H,1,8H2,2-5H3. The molecular weight excluding hydrogens is 212 g/mol. The van der Waals surface area contributed by atoms with Gasteiger partial charge >= 0.3 is 0 Å². The van der Waals surface area contributed by atoms with Crippen molar-refractivity contribution in [3.63, 3.8) is 0 Å². The zero-order valence-corrected chi connectivity index (χ0v) is 11.0. The second-order valence-electron chi connectivity index (χ2n) is 4.17. The Kier molecular flexibility index (Phi) is 4.83. The normalized spacial score (nSPS) is 9.65. The van der Waals surface area contributed by atoms with Gasteiger partial charge in [-0.3, -0.25) is 0 Å². The molecule has 92 valence electrons. The van der Waals surface area contributed by atoms with Crippen LogP contribution >= 0.6 is 0 Å². The summed E-state index contributed by atoms with van der Waals surface area (Å²) in [5.74, 6) is 1.55. The fourth-order valence-electron chi connectivity index (χ4n) is 1.51. The molecule has 0 aliphatic carbocycles. The average Bonchev–Trinajstić information content (AvgIpc) is 2.30. The van der Waals surface area contributed by atoms with Gasteiger partial charge in [0.05, 0.1) is 7.11 Å². The molecule has 0 N–H and O–H groups in total. The van der Waals surface area contributed by atoms with Gasteiger partial charge in [0.25, 0.3) is 0 Å². The number of methoxy groups -OCH3 is 1. The third kappa shape index (κ3) is 3.66. The SMILES string of the molecule is C=Cc1cc(C)c(OCC=C(C)C)c(OC)c1. The van der Waals surface area contributed by atoms with Gasteiger partial charge in [-0.2, -0.15) is 0 Å². The number of allylic oxidation sites excluding steroid dienone is 1. The first-order valence-electron chi connectivity index (χ1n) is 5.65. The van der Waals surface area contributed by atoms with Crippen molar-refractivity contribution in [1.29, 1.82) is 0 Å². The fourth-order valence-corrected chi connectivity index (χ4v) is 1.51. The summed E-state index contributed by atoms with van der Waals surface area (Å²) < 4.78 is 11.1. The van der Waals surface area contributed by atoms with Gasteiger partial charge in [0.1, 0.15) is 6.61 Å². The Morgan fingerprint density at radius 2 is 2.06 bits per heavy atom. The van der Waals surface area contributed by atoms with Gasteiger partial charge in [0.2, 0.25) is 0 Å². The Balaban J connectivity index is 2.97. The molecule has 1 aromatic rings. The lowest BCUT2D eigenvalue weighted by atomic mass is 10.1. The molecule has 0 amide bonds. The molecule has 0 spiro atoms. The summed E-state index contributed by atoms with van der Waals surface area (Å²) >= 11 is 0. The highest BCUT2D eigenvalue weighted by Gasteiger charge is 2.08. The minimum atomic E-state index is 0.562. The monoisotopic (exact) mass is 232 g/mol. The maximum absolute atomic E-state index is 5.73. The smallest absolute Gasteiger partial charge is 0.164 e. The summed E-state index contributed by atoms with van der Waals surface area (Å²) in [7, 11) is 1.65. The topological polar surface area (TPSA) is 18.5 Å². The van der Waals surface area contributed by atoms with Crippen LogP contribution in [0.1, 0.15) is 25.0 Å². The third-order valence-electron chi connectivity index (χ3n) is 2.44. The molecule has 2 nitrogen and oxygen atoms in total. The second kappa shape index (κ2) is 6.14. The molecule has 0 aromatic heterocycles. The lowest BCUT2D eigenvalue weighted by Gasteiger charge is -2.13. The van der Waals surface area contributed by atoms with Gasteiger partial charge in [-0.05, 0) is 50.1 Å². The molecule has 0 aliphatic heterocycles. The van der Waals surface area contributed by atoms with Gasteiger partial charge < -0.3 is 9.47 Å². The van der Waals surface area contributed by atoms with Crippen molar-refractivity contribution in [1.82, 2.24) is 0 Å². The molecule has 0 saturated heterocycles. The van der Waals surface area contributed by atoms with Crippen molar-refractivity contribution in [3.8, 4) is 11.5 Å². The molecule has 0 fully saturated rings. The average molecular weight is 232 g/mol. The van der Waals surface area contributed by atoms with E-state index in [0.717, 1.165) is 22.6 Å². The number of rotatable bonds is 5. The third-order valence-corrected chi connectivity index (χ3v) is 2.44. The highest BCUT2D eigenvalue weighted by Crippen LogP contribution is 2.32. The largest absolute Gasteiger partial charge is 0.493 e. The summed E-state index contributed by atoms with van der Waals surface area (Å²) in [6.07, 6.45) is 3.84. The minimum absolute atomic E-state index is 0.562. The van der Waals surface area contributed by atoms with Crippen molar-refractivity contribution in [2.75, 3.05) is 13.7 Å². The molecule has 0 radical (unpaired) electrons. The molecule has 0 atom stereocenters. The van der Waals surface area contributed by atoms with E-state index in [4.69, 9.17) is 9.47 Å². The quantitative estimate of drug-likeness (QED) is 0.715. The van der Waals surface area contributed by atoms with Crippen molar-refractivity contribution in [2.24, 2.45) is 0 Å². The predicted molar refractivity (Wildman–Crippen MR) is 72.7 cm³/mol. The first kappa shape index (κ1) is 13.4. The molecule has 2 heteroatoms. The number of hydrogen-bond donors (Lipinski definition) is 0. The Labute approximate surface area is 104 Å². The van der Waals surface area contributed by atoms with Crippen LogP contribution in [-0.4, -0.2) is 13.7 Å². The maximum Gasteiger partial charge on any atom is 0.164 e. The number of ether oxygens (including phenoxy) is 2. The Hall–Kier alpha value is -1.70. The number of aryl methyl sites for hydroxylation is 1. The summed E-state index contributed by atoms with van der Waals surface area (Å²) in [5.41, 5.74) is 3.33. The zero-order chi connectivity index (χ0) is 12.8. The van der Waals surface area contributed by atoms with Crippen LogP contribution in [0.3, 0.4) is 0 Å². The van der Waals surface area contributed by atoms with Crippen molar-refractivity contribution in [2.45, 2.75) is 20.8 Å². The summed E-state index contributed by atoms with van der Waals surface area (Å²) in [6, 6.07) is 3.96. The van der Waals surface area contributed by atoms with E-state index in [0.29, 0.717) is 6.61 Å². The van der Waals surface area contributed by atoms with Gasteiger partial charge in [-0.25, -0.2) is 0 Å². The van der Waals surface area contributed by atoms with Crippen LogP contribution in [0.5, 0.6) is 11.5 Å². The first-order chi connectivity index (χ1) is 8.08. The predicted octanol–water partition coefficient (Wildman–Crippen LogP) is 3.99. The van der Waals surface area contributed by atoms with E-state index >= 15 is 0 Å². The maximum atomic E-state index is 5.73.